The number of benzene rings is 2. The molecule has 0 spiro atoms. The molecule has 3 nitrogen and oxygen atoms in total. The van der Waals surface area contributed by atoms with Crippen molar-refractivity contribution in [3.05, 3.63) is 59.2 Å². The van der Waals surface area contributed by atoms with Gasteiger partial charge >= 0.3 is 5.97 Å². The van der Waals surface area contributed by atoms with E-state index in [9.17, 15) is 4.79 Å². The number of aromatic carboxylic acids is 1. The number of hydrogen-bond donors (Lipinski definition) is 1. The van der Waals surface area contributed by atoms with Gasteiger partial charge in [0.25, 0.3) is 0 Å². The van der Waals surface area contributed by atoms with E-state index in [1.807, 2.05) is 18.2 Å². The third kappa shape index (κ3) is 3.43. The molecule has 110 valence electrons. The fraction of sp³-hybridized carbons (Fsp3) is 0.278. The topological polar surface area (TPSA) is 46.5 Å². The third-order valence-corrected chi connectivity index (χ3v) is 3.72. The number of ether oxygens (including phenoxy) is 1. The summed E-state index contributed by atoms with van der Waals surface area (Å²) in [4.78, 5) is 11.0. The van der Waals surface area contributed by atoms with E-state index < -0.39 is 5.97 Å². The van der Waals surface area contributed by atoms with E-state index in [0.717, 1.165) is 12.2 Å². The number of rotatable bonds is 5. The number of carboxylic acids is 1. The van der Waals surface area contributed by atoms with Gasteiger partial charge in [0, 0.05) is 0 Å². The van der Waals surface area contributed by atoms with E-state index in [4.69, 9.17) is 9.84 Å². The van der Waals surface area contributed by atoms with Crippen LogP contribution in [0.5, 0.6) is 11.5 Å². The van der Waals surface area contributed by atoms with Crippen molar-refractivity contribution in [2.45, 2.75) is 33.1 Å². The van der Waals surface area contributed by atoms with E-state index in [1.165, 1.54) is 5.56 Å². The minimum absolute atomic E-state index is 0.303. The van der Waals surface area contributed by atoms with Gasteiger partial charge in [-0.1, -0.05) is 32.0 Å². The van der Waals surface area contributed by atoms with Gasteiger partial charge in [0.2, 0.25) is 0 Å². The lowest BCUT2D eigenvalue weighted by molar-refractivity contribution is 0.0696. The van der Waals surface area contributed by atoms with E-state index >= 15 is 0 Å². The highest BCUT2D eigenvalue weighted by Crippen LogP contribution is 2.32. The van der Waals surface area contributed by atoms with Gasteiger partial charge in [0.15, 0.2) is 0 Å². The average molecular weight is 284 g/mol. The van der Waals surface area contributed by atoms with Crippen LogP contribution < -0.4 is 4.74 Å². The molecule has 21 heavy (non-hydrogen) atoms. The fourth-order valence-electron chi connectivity index (χ4n) is 2.27. The minimum Gasteiger partial charge on any atom is -0.478 e. The Labute approximate surface area is 125 Å². The SMILES string of the molecule is CCC(C)c1ccccc1Oc1ccc(C(=O)O)c(C)c1. The van der Waals surface area contributed by atoms with E-state index in [1.54, 1.807) is 25.1 Å². The van der Waals surface area contributed by atoms with E-state index in [2.05, 4.69) is 19.9 Å². The smallest absolute Gasteiger partial charge is 0.335 e. The van der Waals surface area contributed by atoms with Crippen molar-refractivity contribution in [2.24, 2.45) is 0 Å². The Morgan fingerprint density at radius 1 is 1.24 bits per heavy atom. The van der Waals surface area contributed by atoms with Crippen molar-refractivity contribution < 1.29 is 14.6 Å². The van der Waals surface area contributed by atoms with Crippen LogP contribution in [0.3, 0.4) is 0 Å². The molecule has 1 unspecified atom stereocenters. The first kappa shape index (κ1) is 15.1. The van der Waals surface area contributed by atoms with Crippen LogP contribution >= 0.6 is 0 Å². The molecular weight excluding hydrogens is 264 g/mol. The molecule has 2 aromatic carbocycles. The summed E-state index contributed by atoms with van der Waals surface area (Å²) in [6.07, 6.45) is 1.04. The standard InChI is InChI=1S/C18H20O3/c1-4-12(2)15-7-5-6-8-17(15)21-14-9-10-16(18(19)20)13(3)11-14/h5-12H,4H2,1-3H3,(H,19,20). The summed E-state index contributed by atoms with van der Waals surface area (Å²) in [6.45, 7) is 6.09. The molecule has 1 N–H and O–H groups in total. The molecule has 0 bridgehead atoms. The summed E-state index contributed by atoms with van der Waals surface area (Å²) in [5.41, 5.74) is 2.17. The number of carbonyl (C=O) groups is 1. The van der Waals surface area contributed by atoms with Crippen LogP contribution in [0.25, 0.3) is 0 Å². The molecule has 1 atom stereocenters. The second kappa shape index (κ2) is 6.44. The van der Waals surface area contributed by atoms with Crippen LogP contribution in [0.4, 0.5) is 0 Å². The maximum absolute atomic E-state index is 11.0. The van der Waals surface area contributed by atoms with Crippen molar-refractivity contribution in [3.8, 4) is 11.5 Å². The van der Waals surface area contributed by atoms with Crippen molar-refractivity contribution >= 4 is 5.97 Å². The largest absolute Gasteiger partial charge is 0.478 e. The summed E-state index contributed by atoms with van der Waals surface area (Å²) in [7, 11) is 0. The fourth-order valence-corrected chi connectivity index (χ4v) is 2.27. The summed E-state index contributed by atoms with van der Waals surface area (Å²) in [5.74, 6) is 0.988. The van der Waals surface area contributed by atoms with Crippen molar-refractivity contribution in [3.63, 3.8) is 0 Å². The molecule has 0 radical (unpaired) electrons. The number of hydrogen-bond acceptors (Lipinski definition) is 2. The normalized spacial score (nSPS) is 12.0. The number of para-hydroxylation sites is 1. The summed E-state index contributed by atoms with van der Waals surface area (Å²) in [5, 5.41) is 9.05. The number of aryl methyl sites for hydroxylation is 1. The second-order valence-corrected chi connectivity index (χ2v) is 5.23. The predicted molar refractivity (Wildman–Crippen MR) is 83.4 cm³/mol. The Morgan fingerprint density at radius 2 is 1.95 bits per heavy atom. The highest BCUT2D eigenvalue weighted by Gasteiger charge is 2.12. The molecule has 0 aromatic heterocycles. The molecule has 0 saturated carbocycles. The summed E-state index contributed by atoms with van der Waals surface area (Å²) >= 11 is 0. The Balaban J connectivity index is 2.31. The quantitative estimate of drug-likeness (QED) is 0.840. The lowest BCUT2D eigenvalue weighted by Crippen LogP contribution is -2.00. The van der Waals surface area contributed by atoms with Gasteiger partial charge in [-0.05, 0) is 54.7 Å². The Bertz CT molecular complexity index is 647. The highest BCUT2D eigenvalue weighted by atomic mass is 16.5. The molecule has 0 fully saturated rings. The Morgan fingerprint density at radius 3 is 2.57 bits per heavy atom. The number of carboxylic acid groups (broad SMARTS) is 1. The average Bonchev–Trinajstić information content (AvgIpc) is 2.46. The van der Waals surface area contributed by atoms with Gasteiger partial charge in [-0.15, -0.1) is 0 Å². The zero-order valence-corrected chi connectivity index (χ0v) is 12.6. The summed E-state index contributed by atoms with van der Waals surface area (Å²) in [6, 6.07) is 13.0. The lowest BCUT2D eigenvalue weighted by atomic mass is 9.98. The Hall–Kier alpha value is -2.29. The van der Waals surface area contributed by atoms with Crippen LogP contribution in [0, 0.1) is 6.92 Å². The molecule has 0 aliphatic heterocycles. The third-order valence-electron chi connectivity index (χ3n) is 3.72. The molecule has 0 heterocycles. The van der Waals surface area contributed by atoms with Crippen molar-refractivity contribution in [1.82, 2.24) is 0 Å². The predicted octanol–water partition coefficient (Wildman–Crippen LogP) is 5.00. The molecule has 3 heteroatoms. The maximum Gasteiger partial charge on any atom is 0.335 e. The van der Waals surface area contributed by atoms with Crippen LogP contribution in [-0.4, -0.2) is 11.1 Å². The van der Waals surface area contributed by atoms with Gasteiger partial charge < -0.3 is 9.84 Å². The molecule has 2 rings (SSSR count). The van der Waals surface area contributed by atoms with Crippen molar-refractivity contribution in [1.29, 1.82) is 0 Å². The molecule has 0 saturated heterocycles. The first-order chi connectivity index (χ1) is 10.0. The van der Waals surface area contributed by atoms with Gasteiger partial charge in [-0.3, -0.25) is 0 Å². The molecule has 0 aliphatic carbocycles. The molecular formula is C18H20O3. The maximum atomic E-state index is 11.0. The summed E-state index contributed by atoms with van der Waals surface area (Å²) < 4.78 is 5.96. The van der Waals surface area contributed by atoms with E-state index in [0.29, 0.717) is 22.8 Å². The molecule has 2 aromatic rings. The van der Waals surface area contributed by atoms with Gasteiger partial charge in [-0.2, -0.15) is 0 Å². The molecule has 0 amide bonds. The lowest BCUT2D eigenvalue weighted by Gasteiger charge is -2.16. The van der Waals surface area contributed by atoms with Gasteiger partial charge in [0.1, 0.15) is 11.5 Å². The first-order valence-electron chi connectivity index (χ1n) is 7.13. The van der Waals surface area contributed by atoms with Crippen LogP contribution in [0.2, 0.25) is 0 Å². The Kier molecular flexibility index (Phi) is 4.63. The molecule has 0 aliphatic rings. The van der Waals surface area contributed by atoms with Crippen LogP contribution in [0.1, 0.15) is 47.7 Å². The first-order valence-corrected chi connectivity index (χ1v) is 7.13. The van der Waals surface area contributed by atoms with Crippen LogP contribution in [0.15, 0.2) is 42.5 Å². The highest BCUT2D eigenvalue weighted by molar-refractivity contribution is 5.89. The van der Waals surface area contributed by atoms with Gasteiger partial charge in [-0.25, -0.2) is 4.79 Å². The zero-order valence-electron chi connectivity index (χ0n) is 12.6. The zero-order chi connectivity index (χ0) is 15.4. The van der Waals surface area contributed by atoms with Crippen LogP contribution in [-0.2, 0) is 0 Å². The minimum atomic E-state index is -0.918. The van der Waals surface area contributed by atoms with E-state index in [-0.39, 0.29) is 0 Å². The second-order valence-electron chi connectivity index (χ2n) is 5.23. The van der Waals surface area contributed by atoms with Gasteiger partial charge in [0.05, 0.1) is 5.56 Å². The monoisotopic (exact) mass is 284 g/mol. The van der Waals surface area contributed by atoms with Crippen molar-refractivity contribution in [2.75, 3.05) is 0 Å².